The SMILES string of the molecule is C=C/C(C=NC1(C(=O)OC)CC1)=C\C. The lowest BCUT2D eigenvalue weighted by Gasteiger charge is -2.05. The number of methoxy groups -OCH3 is 1. The summed E-state index contributed by atoms with van der Waals surface area (Å²) in [6, 6.07) is 0. The standard InChI is InChI=1S/C11H15NO2/c1-4-9(5-2)8-12-11(6-7-11)10(13)14-3/h4-5,8H,1,6-7H2,2-3H3/b9-5+,12-8?. The molecule has 1 aliphatic rings. The van der Waals surface area contributed by atoms with Gasteiger partial charge in [0.15, 0.2) is 5.54 Å². The molecular formula is C11H15NO2. The van der Waals surface area contributed by atoms with E-state index in [1.54, 1.807) is 12.3 Å². The zero-order chi connectivity index (χ0) is 10.6. The molecule has 0 aromatic carbocycles. The largest absolute Gasteiger partial charge is 0.467 e. The number of carbonyl (C=O) groups excluding carboxylic acids is 1. The highest BCUT2D eigenvalue weighted by atomic mass is 16.5. The highest BCUT2D eigenvalue weighted by Crippen LogP contribution is 2.40. The topological polar surface area (TPSA) is 38.7 Å². The predicted octanol–water partition coefficient (Wildman–Crippen LogP) is 1.90. The lowest BCUT2D eigenvalue weighted by atomic mass is 10.2. The number of nitrogens with zero attached hydrogens (tertiary/aromatic N) is 1. The van der Waals surface area contributed by atoms with Crippen LogP contribution in [0, 0.1) is 0 Å². The first-order valence-electron chi connectivity index (χ1n) is 4.61. The molecule has 76 valence electrons. The van der Waals surface area contributed by atoms with Crippen LogP contribution in [-0.4, -0.2) is 24.8 Å². The molecular weight excluding hydrogens is 178 g/mol. The Kier molecular flexibility index (Phi) is 3.23. The van der Waals surface area contributed by atoms with Gasteiger partial charge in [-0.05, 0) is 25.3 Å². The average Bonchev–Trinajstić information content (AvgIpc) is 2.99. The van der Waals surface area contributed by atoms with Crippen molar-refractivity contribution in [3.05, 3.63) is 24.3 Å². The molecule has 0 radical (unpaired) electrons. The van der Waals surface area contributed by atoms with Gasteiger partial charge in [-0.2, -0.15) is 0 Å². The minimum Gasteiger partial charge on any atom is -0.467 e. The second kappa shape index (κ2) is 4.22. The second-order valence-electron chi connectivity index (χ2n) is 3.27. The minimum atomic E-state index is -0.591. The highest BCUT2D eigenvalue weighted by molar-refractivity contribution is 5.90. The first-order valence-corrected chi connectivity index (χ1v) is 4.61. The fraction of sp³-hybridized carbons (Fsp3) is 0.455. The number of rotatable bonds is 4. The summed E-state index contributed by atoms with van der Waals surface area (Å²) < 4.78 is 4.68. The number of hydrogen-bond acceptors (Lipinski definition) is 3. The van der Waals surface area contributed by atoms with Crippen molar-refractivity contribution in [3.8, 4) is 0 Å². The van der Waals surface area contributed by atoms with Crippen molar-refractivity contribution in [2.75, 3.05) is 7.11 Å². The number of carbonyl (C=O) groups is 1. The first kappa shape index (κ1) is 10.7. The Morgan fingerprint density at radius 1 is 1.57 bits per heavy atom. The van der Waals surface area contributed by atoms with Crippen LogP contribution in [0.25, 0.3) is 0 Å². The quantitative estimate of drug-likeness (QED) is 0.388. The average molecular weight is 193 g/mol. The van der Waals surface area contributed by atoms with Crippen LogP contribution in [0.5, 0.6) is 0 Å². The van der Waals surface area contributed by atoms with Crippen LogP contribution in [0.15, 0.2) is 29.3 Å². The van der Waals surface area contributed by atoms with Crippen LogP contribution in [-0.2, 0) is 9.53 Å². The molecule has 1 rings (SSSR count). The third kappa shape index (κ3) is 2.10. The van der Waals surface area contributed by atoms with Gasteiger partial charge in [0.05, 0.1) is 7.11 Å². The molecule has 0 aliphatic heterocycles. The molecule has 0 heterocycles. The summed E-state index contributed by atoms with van der Waals surface area (Å²) in [4.78, 5) is 15.5. The van der Waals surface area contributed by atoms with Crippen molar-refractivity contribution in [1.82, 2.24) is 0 Å². The zero-order valence-corrected chi connectivity index (χ0v) is 8.62. The number of allylic oxidation sites excluding steroid dienone is 3. The third-order valence-electron chi connectivity index (χ3n) is 2.32. The fourth-order valence-electron chi connectivity index (χ4n) is 1.14. The van der Waals surface area contributed by atoms with Crippen LogP contribution in [0.4, 0.5) is 0 Å². The molecule has 3 heteroatoms. The Hall–Kier alpha value is -1.38. The van der Waals surface area contributed by atoms with Crippen molar-refractivity contribution in [1.29, 1.82) is 0 Å². The molecule has 0 saturated heterocycles. The summed E-state index contributed by atoms with van der Waals surface area (Å²) in [7, 11) is 1.39. The molecule has 1 aliphatic carbocycles. The van der Waals surface area contributed by atoms with Gasteiger partial charge in [0.2, 0.25) is 0 Å². The summed E-state index contributed by atoms with van der Waals surface area (Å²) in [6.45, 7) is 5.55. The molecule has 1 saturated carbocycles. The Morgan fingerprint density at radius 2 is 2.21 bits per heavy atom. The lowest BCUT2D eigenvalue weighted by Crippen LogP contribution is -2.21. The predicted molar refractivity (Wildman–Crippen MR) is 56.4 cm³/mol. The van der Waals surface area contributed by atoms with Crippen molar-refractivity contribution in [2.24, 2.45) is 4.99 Å². The van der Waals surface area contributed by atoms with E-state index >= 15 is 0 Å². The number of esters is 1. The van der Waals surface area contributed by atoms with Crippen molar-refractivity contribution in [2.45, 2.75) is 25.3 Å². The van der Waals surface area contributed by atoms with Gasteiger partial charge in [-0.1, -0.05) is 18.7 Å². The third-order valence-corrected chi connectivity index (χ3v) is 2.32. The Morgan fingerprint density at radius 3 is 2.57 bits per heavy atom. The van der Waals surface area contributed by atoms with E-state index in [-0.39, 0.29) is 5.97 Å². The molecule has 1 fully saturated rings. The van der Waals surface area contributed by atoms with Crippen LogP contribution in [0.1, 0.15) is 19.8 Å². The van der Waals surface area contributed by atoms with E-state index in [0.717, 1.165) is 18.4 Å². The van der Waals surface area contributed by atoms with Gasteiger partial charge in [0, 0.05) is 6.21 Å². The molecule has 0 atom stereocenters. The minimum absolute atomic E-state index is 0.242. The summed E-state index contributed by atoms with van der Waals surface area (Å²) in [6.07, 6.45) is 6.84. The monoisotopic (exact) mass is 193 g/mol. The van der Waals surface area contributed by atoms with E-state index in [1.807, 2.05) is 13.0 Å². The van der Waals surface area contributed by atoms with Crippen molar-refractivity contribution < 1.29 is 9.53 Å². The fourth-order valence-corrected chi connectivity index (χ4v) is 1.14. The molecule has 0 spiro atoms. The van der Waals surface area contributed by atoms with E-state index < -0.39 is 5.54 Å². The molecule has 0 bridgehead atoms. The van der Waals surface area contributed by atoms with Crippen molar-refractivity contribution in [3.63, 3.8) is 0 Å². The maximum Gasteiger partial charge on any atom is 0.333 e. The maximum atomic E-state index is 11.3. The molecule has 0 unspecified atom stereocenters. The van der Waals surface area contributed by atoms with Gasteiger partial charge in [-0.3, -0.25) is 4.99 Å². The van der Waals surface area contributed by atoms with Crippen molar-refractivity contribution >= 4 is 12.2 Å². The Bertz CT molecular complexity index is 298. The summed E-state index contributed by atoms with van der Waals surface area (Å²) in [5, 5.41) is 0. The maximum absolute atomic E-state index is 11.3. The Balaban J connectivity index is 2.68. The number of ether oxygens (including phenoxy) is 1. The highest BCUT2D eigenvalue weighted by Gasteiger charge is 2.50. The van der Waals surface area contributed by atoms with Crippen LogP contribution >= 0.6 is 0 Å². The van der Waals surface area contributed by atoms with E-state index in [1.165, 1.54) is 7.11 Å². The van der Waals surface area contributed by atoms with Gasteiger partial charge in [0.25, 0.3) is 0 Å². The summed E-state index contributed by atoms with van der Waals surface area (Å²) in [5.74, 6) is -0.242. The molecule has 3 nitrogen and oxygen atoms in total. The smallest absolute Gasteiger partial charge is 0.333 e. The van der Waals surface area contributed by atoms with Gasteiger partial charge in [0.1, 0.15) is 0 Å². The first-order chi connectivity index (χ1) is 6.68. The van der Waals surface area contributed by atoms with Gasteiger partial charge >= 0.3 is 5.97 Å². The molecule has 14 heavy (non-hydrogen) atoms. The molecule has 0 amide bonds. The van der Waals surface area contributed by atoms with E-state index in [0.29, 0.717) is 0 Å². The number of aliphatic imine (C=N–C) groups is 1. The van der Waals surface area contributed by atoms with Gasteiger partial charge in [-0.25, -0.2) is 4.79 Å². The van der Waals surface area contributed by atoms with E-state index in [2.05, 4.69) is 16.3 Å². The molecule has 0 aromatic heterocycles. The zero-order valence-electron chi connectivity index (χ0n) is 8.62. The van der Waals surface area contributed by atoms with E-state index in [9.17, 15) is 4.79 Å². The number of hydrogen-bond donors (Lipinski definition) is 0. The summed E-state index contributed by atoms with van der Waals surface area (Å²) in [5.41, 5.74) is 0.326. The molecule has 0 aromatic rings. The summed E-state index contributed by atoms with van der Waals surface area (Å²) >= 11 is 0. The molecule has 0 N–H and O–H groups in total. The van der Waals surface area contributed by atoms with Gasteiger partial charge < -0.3 is 4.74 Å². The van der Waals surface area contributed by atoms with E-state index in [4.69, 9.17) is 0 Å². The van der Waals surface area contributed by atoms with Gasteiger partial charge in [-0.15, -0.1) is 0 Å². The van der Waals surface area contributed by atoms with Crippen LogP contribution < -0.4 is 0 Å². The normalized spacial score (nSPS) is 19.4. The van der Waals surface area contributed by atoms with Crippen LogP contribution in [0.2, 0.25) is 0 Å². The second-order valence-corrected chi connectivity index (χ2v) is 3.27. The van der Waals surface area contributed by atoms with Crippen LogP contribution in [0.3, 0.4) is 0 Å². The Labute approximate surface area is 84.2 Å². The lowest BCUT2D eigenvalue weighted by molar-refractivity contribution is -0.143.